The van der Waals surface area contributed by atoms with Gasteiger partial charge in [0.2, 0.25) is 0 Å². The Labute approximate surface area is 167 Å². The minimum atomic E-state index is -1.65. The van der Waals surface area contributed by atoms with Gasteiger partial charge >= 0.3 is 0 Å². The van der Waals surface area contributed by atoms with Gasteiger partial charge in [-0.3, -0.25) is 0 Å². The second-order valence-corrected chi connectivity index (χ2v) is 8.21. The van der Waals surface area contributed by atoms with Crippen LogP contribution in [0.1, 0.15) is 56.6 Å². The highest BCUT2D eigenvalue weighted by molar-refractivity contribution is 5.71. The molecule has 0 N–H and O–H groups in total. The number of fused-ring (bicyclic) bond motifs is 1. The summed E-state index contributed by atoms with van der Waals surface area (Å²) >= 11 is 0. The van der Waals surface area contributed by atoms with Crippen molar-refractivity contribution in [2.24, 2.45) is 11.8 Å². The van der Waals surface area contributed by atoms with Crippen molar-refractivity contribution in [1.82, 2.24) is 0 Å². The first kappa shape index (κ1) is 20.1. The average molecular weight is 406 g/mol. The Morgan fingerprint density at radius 2 is 1.45 bits per heavy atom. The van der Waals surface area contributed by atoms with Crippen LogP contribution in [0.25, 0.3) is 17.2 Å². The summed E-state index contributed by atoms with van der Waals surface area (Å²) in [4.78, 5) is 0. The first-order valence-corrected chi connectivity index (χ1v) is 10.2. The van der Waals surface area contributed by atoms with Crippen LogP contribution < -0.4 is 0 Å². The maximum absolute atomic E-state index is 15.1. The largest absolute Gasteiger partial charge is 0.206 e. The Bertz CT molecular complexity index is 945. The van der Waals surface area contributed by atoms with E-state index in [4.69, 9.17) is 0 Å². The van der Waals surface area contributed by atoms with Crippen LogP contribution in [-0.4, -0.2) is 0 Å². The zero-order chi connectivity index (χ0) is 20.7. The normalized spacial score (nSPS) is 21.7. The number of benzene rings is 2. The summed E-state index contributed by atoms with van der Waals surface area (Å²) in [6.45, 7) is 2.21. The molecule has 0 bridgehead atoms. The van der Waals surface area contributed by atoms with Crippen molar-refractivity contribution in [3.8, 4) is 11.1 Å². The minimum Gasteiger partial charge on any atom is -0.206 e. The van der Waals surface area contributed by atoms with Gasteiger partial charge in [0, 0.05) is 0 Å². The van der Waals surface area contributed by atoms with Crippen LogP contribution in [0.5, 0.6) is 0 Å². The lowest BCUT2D eigenvalue weighted by atomic mass is 9.74. The summed E-state index contributed by atoms with van der Waals surface area (Å²) in [5, 5.41) is 0. The van der Waals surface area contributed by atoms with E-state index in [9.17, 15) is 17.6 Å². The Hall–Kier alpha value is -2.17. The molecule has 2 aromatic rings. The lowest BCUT2D eigenvalue weighted by molar-refractivity contribution is 0.292. The molecule has 0 heterocycles. The number of hydrogen-bond acceptors (Lipinski definition) is 0. The van der Waals surface area contributed by atoms with E-state index in [-0.39, 0.29) is 5.56 Å². The Balaban J connectivity index is 1.69. The SMILES string of the molecule is CCC1CCC(C2=Cc3cc(F)c(-c4cc(F)c(F)c(F)c4)c(F)c3CC2)CC1. The van der Waals surface area contributed by atoms with E-state index in [2.05, 4.69) is 6.92 Å². The molecule has 5 heteroatoms. The molecule has 0 unspecified atom stereocenters. The highest BCUT2D eigenvalue weighted by Gasteiger charge is 2.28. The van der Waals surface area contributed by atoms with Gasteiger partial charge in [0.05, 0.1) is 5.56 Å². The van der Waals surface area contributed by atoms with Gasteiger partial charge in [-0.15, -0.1) is 0 Å². The lowest BCUT2D eigenvalue weighted by Gasteiger charge is -2.31. The third-order valence-electron chi connectivity index (χ3n) is 6.58. The van der Waals surface area contributed by atoms with E-state index in [1.165, 1.54) is 30.9 Å². The molecule has 1 saturated carbocycles. The van der Waals surface area contributed by atoms with Crippen LogP contribution in [0.2, 0.25) is 0 Å². The number of allylic oxidation sites excluding steroid dienone is 1. The summed E-state index contributed by atoms with van der Waals surface area (Å²) in [6.07, 6.45) is 8.79. The van der Waals surface area contributed by atoms with Crippen LogP contribution in [0, 0.1) is 40.9 Å². The fourth-order valence-electron chi connectivity index (χ4n) is 4.83. The molecule has 154 valence electrons. The molecule has 0 radical (unpaired) electrons. The quantitative estimate of drug-likeness (QED) is 0.364. The van der Waals surface area contributed by atoms with Gasteiger partial charge in [-0.05, 0) is 85.3 Å². The molecule has 0 spiro atoms. The molecular weight excluding hydrogens is 383 g/mol. The zero-order valence-corrected chi connectivity index (χ0v) is 16.3. The molecule has 0 atom stereocenters. The van der Waals surface area contributed by atoms with Gasteiger partial charge in [-0.25, -0.2) is 22.0 Å². The summed E-state index contributed by atoms with van der Waals surface area (Å²) in [5.41, 5.74) is 1.22. The Kier molecular flexibility index (Phi) is 5.50. The molecule has 2 aromatic carbocycles. The zero-order valence-electron chi connectivity index (χ0n) is 16.3. The first-order valence-electron chi connectivity index (χ1n) is 10.2. The van der Waals surface area contributed by atoms with E-state index in [0.717, 1.165) is 18.8 Å². The molecule has 29 heavy (non-hydrogen) atoms. The molecule has 2 aliphatic rings. The van der Waals surface area contributed by atoms with Crippen molar-refractivity contribution in [3.63, 3.8) is 0 Å². The van der Waals surface area contributed by atoms with Crippen LogP contribution in [0.4, 0.5) is 22.0 Å². The van der Waals surface area contributed by atoms with Gasteiger partial charge in [0.15, 0.2) is 17.5 Å². The smallest absolute Gasteiger partial charge is 0.194 e. The van der Waals surface area contributed by atoms with Gasteiger partial charge in [0.1, 0.15) is 11.6 Å². The maximum atomic E-state index is 15.1. The van der Waals surface area contributed by atoms with Crippen LogP contribution in [0.15, 0.2) is 23.8 Å². The highest BCUT2D eigenvalue weighted by atomic mass is 19.2. The first-order chi connectivity index (χ1) is 13.9. The van der Waals surface area contributed by atoms with Crippen molar-refractivity contribution < 1.29 is 22.0 Å². The van der Waals surface area contributed by atoms with Crippen molar-refractivity contribution in [2.45, 2.75) is 51.9 Å². The highest BCUT2D eigenvalue weighted by Crippen LogP contribution is 2.41. The minimum absolute atomic E-state index is 0.341. The molecular formula is C24H23F5. The Morgan fingerprint density at radius 1 is 0.793 bits per heavy atom. The van der Waals surface area contributed by atoms with Crippen LogP contribution in [0.3, 0.4) is 0 Å². The van der Waals surface area contributed by atoms with E-state index >= 15 is 4.39 Å². The second-order valence-electron chi connectivity index (χ2n) is 8.21. The third-order valence-corrected chi connectivity index (χ3v) is 6.58. The fourth-order valence-corrected chi connectivity index (χ4v) is 4.83. The maximum Gasteiger partial charge on any atom is 0.194 e. The average Bonchev–Trinajstić information content (AvgIpc) is 2.71. The topological polar surface area (TPSA) is 0 Å². The predicted molar refractivity (Wildman–Crippen MR) is 104 cm³/mol. The van der Waals surface area contributed by atoms with E-state index in [0.29, 0.717) is 42.0 Å². The lowest BCUT2D eigenvalue weighted by Crippen LogP contribution is -2.18. The van der Waals surface area contributed by atoms with Gasteiger partial charge in [0.25, 0.3) is 0 Å². The summed E-state index contributed by atoms with van der Waals surface area (Å²) in [7, 11) is 0. The molecule has 0 saturated heterocycles. The molecule has 1 fully saturated rings. The van der Waals surface area contributed by atoms with Gasteiger partial charge < -0.3 is 0 Å². The van der Waals surface area contributed by atoms with Crippen LogP contribution >= 0.6 is 0 Å². The molecule has 0 nitrogen and oxygen atoms in total. The molecule has 0 amide bonds. The monoisotopic (exact) mass is 406 g/mol. The number of halogens is 5. The van der Waals surface area contributed by atoms with E-state index < -0.39 is 34.6 Å². The van der Waals surface area contributed by atoms with Crippen LogP contribution in [-0.2, 0) is 6.42 Å². The summed E-state index contributed by atoms with van der Waals surface area (Å²) in [5.74, 6) is -5.09. The van der Waals surface area contributed by atoms with Crippen molar-refractivity contribution >= 4 is 6.08 Å². The fraction of sp³-hybridized carbons (Fsp3) is 0.417. The molecule has 0 aromatic heterocycles. The third kappa shape index (κ3) is 3.72. The predicted octanol–water partition coefficient (Wildman–Crippen LogP) is 7.60. The van der Waals surface area contributed by atoms with Crippen molar-refractivity contribution in [3.05, 3.63) is 64.0 Å². The van der Waals surface area contributed by atoms with Crippen molar-refractivity contribution in [1.29, 1.82) is 0 Å². The van der Waals surface area contributed by atoms with Crippen molar-refractivity contribution in [2.75, 3.05) is 0 Å². The Morgan fingerprint density at radius 3 is 2.07 bits per heavy atom. The van der Waals surface area contributed by atoms with E-state index in [1.807, 2.05) is 6.08 Å². The molecule has 0 aliphatic heterocycles. The summed E-state index contributed by atoms with van der Waals surface area (Å²) < 4.78 is 70.2. The van der Waals surface area contributed by atoms with E-state index in [1.54, 1.807) is 0 Å². The number of hydrogen-bond donors (Lipinski definition) is 0. The van der Waals surface area contributed by atoms with Gasteiger partial charge in [-0.1, -0.05) is 25.0 Å². The second kappa shape index (κ2) is 7.92. The number of rotatable bonds is 3. The standard InChI is InChI=1S/C24H23F5/c1-2-13-3-5-14(6-4-13)15-7-8-18-16(9-15)10-19(25)22(23(18)28)17-11-20(26)24(29)21(27)12-17/h9-14H,2-8H2,1H3. The molecule has 4 rings (SSSR count). The summed E-state index contributed by atoms with van der Waals surface area (Å²) in [6, 6.07) is 2.48. The van der Waals surface area contributed by atoms with Gasteiger partial charge in [-0.2, -0.15) is 0 Å². The molecule has 2 aliphatic carbocycles.